The molecule has 3 aliphatic rings. The van der Waals surface area contributed by atoms with Crippen molar-refractivity contribution in [1.29, 1.82) is 0 Å². The number of carbonyl (C=O) groups is 2. The second kappa shape index (κ2) is 10.1. The molecule has 0 bridgehead atoms. The van der Waals surface area contributed by atoms with Crippen molar-refractivity contribution in [2.45, 2.75) is 51.3 Å². The number of amides is 1. The third-order valence-electron chi connectivity index (χ3n) is 5.83. The van der Waals surface area contributed by atoms with E-state index in [1.807, 2.05) is 6.07 Å². The second-order valence-corrected chi connectivity index (χ2v) is 9.92. The van der Waals surface area contributed by atoms with E-state index in [1.165, 1.54) is 17.7 Å². The zero-order valence-electron chi connectivity index (χ0n) is 16.2. The first-order valence-electron chi connectivity index (χ1n) is 9.91. The van der Waals surface area contributed by atoms with Crippen LogP contribution in [0.2, 0.25) is 4.34 Å². The monoisotopic (exact) mass is 428 g/mol. The lowest BCUT2D eigenvalue weighted by molar-refractivity contribution is -0.123. The van der Waals surface area contributed by atoms with Crippen LogP contribution in [0.1, 0.15) is 37.5 Å². The SMILES string of the molecule is CC(=O)N[C@@H]1C[C@@H]2CN(Cc3ccc(Cl)s3)C[C@@H]2C[C@H]1OCC1CC1.O=CO. The summed E-state index contributed by atoms with van der Waals surface area (Å²) in [6, 6.07) is 4.30. The number of ether oxygens (including phenoxy) is 1. The van der Waals surface area contributed by atoms with Gasteiger partial charge in [-0.25, -0.2) is 0 Å². The number of hydrogen-bond acceptors (Lipinski definition) is 5. The molecule has 1 aromatic rings. The van der Waals surface area contributed by atoms with Crippen molar-refractivity contribution in [2.24, 2.45) is 17.8 Å². The van der Waals surface area contributed by atoms with Crippen molar-refractivity contribution in [1.82, 2.24) is 10.2 Å². The average molecular weight is 429 g/mol. The maximum absolute atomic E-state index is 11.6. The first-order valence-corrected chi connectivity index (χ1v) is 11.1. The summed E-state index contributed by atoms with van der Waals surface area (Å²) in [5, 5.41) is 10.0. The molecule has 1 amide bonds. The Morgan fingerprint density at radius 3 is 2.61 bits per heavy atom. The van der Waals surface area contributed by atoms with E-state index in [1.54, 1.807) is 18.3 Å². The van der Waals surface area contributed by atoms with E-state index in [2.05, 4.69) is 16.3 Å². The molecule has 4 atom stereocenters. The summed E-state index contributed by atoms with van der Waals surface area (Å²) in [6.45, 7) is 5.48. The summed E-state index contributed by atoms with van der Waals surface area (Å²) in [6.07, 6.45) is 4.91. The lowest BCUT2D eigenvalue weighted by atomic mass is 9.77. The van der Waals surface area contributed by atoms with Crippen molar-refractivity contribution in [3.63, 3.8) is 0 Å². The van der Waals surface area contributed by atoms with E-state index in [9.17, 15) is 4.79 Å². The number of halogens is 1. The highest BCUT2D eigenvalue weighted by Crippen LogP contribution is 2.39. The first kappa shape index (κ1) is 21.6. The van der Waals surface area contributed by atoms with Crippen LogP contribution in [0.15, 0.2) is 12.1 Å². The molecule has 3 fully saturated rings. The van der Waals surface area contributed by atoms with E-state index in [0.717, 1.165) is 49.3 Å². The highest BCUT2D eigenvalue weighted by molar-refractivity contribution is 7.16. The molecule has 156 valence electrons. The van der Waals surface area contributed by atoms with Gasteiger partial charge in [0.1, 0.15) is 0 Å². The lowest BCUT2D eigenvalue weighted by Gasteiger charge is -2.38. The number of carboxylic acid groups (broad SMARTS) is 1. The van der Waals surface area contributed by atoms with Gasteiger partial charge in [0.15, 0.2) is 0 Å². The second-order valence-electron chi connectivity index (χ2n) is 8.12. The summed E-state index contributed by atoms with van der Waals surface area (Å²) in [4.78, 5) is 23.9. The number of nitrogens with zero attached hydrogens (tertiary/aromatic N) is 1. The summed E-state index contributed by atoms with van der Waals surface area (Å²) in [7, 11) is 0. The molecule has 0 unspecified atom stereocenters. The molecule has 4 rings (SSSR count). The summed E-state index contributed by atoms with van der Waals surface area (Å²) in [5.41, 5.74) is 0. The zero-order valence-corrected chi connectivity index (χ0v) is 17.8. The van der Waals surface area contributed by atoms with Crippen LogP contribution >= 0.6 is 22.9 Å². The standard InChI is InChI=1S/C19H27ClN2O2S.CH2O2/c1-12(23)21-17-6-14-8-22(10-16-4-5-19(20)25-16)9-15(14)7-18(17)24-11-13-2-3-13;2-1-3/h4-5,13-15,17-18H,2-3,6-11H2,1H3,(H,21,23);1H,(H,2,3)/t14-,15+,17-,18-;/m1./s1. The van der Waals surface area contributed by atoms with Crippen molar-refractivity contribution >= 4 is 35.3 Å². The highest BCUT2D eigenvalue weighted by Gasteiger charge is 2.43. The van der Waals surface area contributed by atoms with Gasteiger partial charge in [0.2, 0.25) is 5.91 Å². The first-order chi connectivity index (χ1) is 13.5. The minimum atomic E-state index is -0.250. The van der Waals surface area contributed by atoms with Gasteiger partial charge in [-0.05, 0) is 55.6 Å². The van der Waals surface area contributed by atoms with Gasteiger partial charge in [-0.1, -0.05) is 11.6 Å². The number of likely N-dealkylation sites (tertiary alicyclic amines) is 1. The molecule has 2 heterocycles. The number of rotatable bonds is 6. The predicted molar refractivity (Wildman–Crippen MR) is 110 cm³/mol. The Balaban J connectivity index is 0.000000706. The quantitative estimate of drug-likeness (QED) is 0.680. The van der Waals surface area contributed by atoms with Crippen LogP contribution in [0, 0.1) is 17.8 Å². The number of nitrogens with one attached hydrogen (secondary N) is 1. The lowest BCUT2D eigenvalue weighted by Crippen LogP contribution is -2.50. The van der Waals surface area contributed by atoms with E-state index < -0.39 is 0 Å². The van der Waals surface area contributed by atoms with Gasteiger partial charge in [0.05, 0.1) is 16.5 Å². The van der Waals surface area contributed by atoms with Crippen molar-refractivity contribution < 1.29 is 19.4 Å². The molecule has 2 N–H and O–H groups in total. The molecule has 0 spiro atoms. The zero-order chi connectivity index (χ0) is 20.1. The number of carbonyl (C=O) groups excluding carboxylic acids is 1. The van der Waals surface area contributed by atoms with Gasteiger partial charge in [0.25, 0.3) is 6.47 Å². The Morgan fingerprint density at radius 2 is 2.04 bits per heavy atom. The Bertz CT molecular complexity index is 666. The number of thiophene rings is 1. The van der Waals surface area contributed by atoms with Crippen LogP contribution in [0.4, 0.5) is 0 Å². The highest BCUT2D eigenvalue weighted by atomic mass is 35.5. The Hall–Kier alpha value is -1.15. The molecule has 1 aliphatic heterocycles. The van der Waals surface area contributed by atoms with Crippen molar-refractivity contribution in [3.8, 4) is 0 Å². The van der Waals surface area contributed by atoms with Crippen LogP contribution in [-0.2, 0) is 20.9 Å². The molecule has 8 heteroatoms. The number of fused-ring (bicyclic) bond motifs is 1. The van der Waals surface area contributed by atoms with Crippen LogP contribution in [0.3, 0.4) is 0 Å². The summed E-state index contributed by atoms with van der Waals surface area (Å²) < 4.78 is 7.10. The molecule has 2 saturated carbocycles. The molecule has 2 aliphatic carbocycles. The Morgan fingerprint density at radius 1 is 1.36 bits per heavy atom. The van der Waals surface area contributed by atoms with E-state index >= 15 is 0 Å². The van der Waals surface area contributed by atoms with Crippen molar-refractivity contribution in [2.75, 3.05) is 19.7 Å². The van der Waals surface area contributed by atoms with Gasteiger partial charge in [-0.3, -0.25) is 14.5 Å². The molecule has 0 aromatic carbocycles. The van der Waals surface area contributed by atoms with Crippen LogP contribution < -0.4 is 5.32 Å². The van der Waals surface area contributed by atoms with Crippen LogP contribution in [0.5, 0.6) is 0 Å². The average Bonchev–Trinajstić information content (AvgIpc) is 3.25. The maximum atomic E-state index is 11.6. The smallest absolute Gasteiger partial charge is 0.290 e. The molecular weight excluding hydrogens is 400 g/mol. The molecular formula is C20H29ClN2O4S. The molecule has 28 heavy (non-hydrogen) atoms. The van der Waals surface area contributed by atoms with Gasteiger partial charge in [-0.2, -0.15) is 0 Å². The molecule has 1 saturated heterocycles. The fourth-order valence-electron chi connectivity index (χ4n) is 4.44. The third-order valence-corrected chi connectivity index (χ3v) is 7.05. The fraction of sp³-hybridized carbons (Fsp3) is 0.700. The maximum Gasteiger partial charge on any atom is 0.290 e. The fourth-order valence-corrected chi connectivity index (χ4v) is 5.57. The molecule has 0 radical (unpaired) electrons. The minimum absolute atomic E-state index is 0.0616. The van der Waals surface area contributed by atoms with Crippen LogP contribution in [0.25, 0.3) is 0 Å². The number of hydrogen-bond donors (Lipinski definition) is 2. The third kappa shape index (κ3) is 6.17. The Kier molecular flexibility index (Phi) is 7.74. The van der Waals surface area contributed by atoms with Gasteiger partial charge in [0, 0.05) is 38.0 Å². The Labute approximate surface area is 175 Å². The predicted octanol–water partition coefficient (Wildman–Crippen LogP) is 3.24. The largest absolute Gasteiger partial charge is 0.483 e. The summed E-state index contributed by atoms with van der Waals surface area (Å²) >= 11 is 7.74. The topological polar surface area (TPSA) is 78.9 Å². The van der Waals surface area contributed by atoms with Gasteiger partial charge in [-0.15, -0.1) is 11.3 Å². The van der Waals surface area contributed by atoms with E-state index in [-0.39, 0.29) is 24.5 Å². The van der Waals surface area contributed by atoms with Crippen molar-refractivity contribution in [3.05, 3.63) is 21.3 Å². The summed E-state index contributed by atoms with van der Waals surface area (Å²) in [5.74, 6) is 2.17. The molecule has 6 nitrogen and oxygen atoms in total. The van der Waals surface area contributed by atoms with Gasteiger partial charge >= 0.3 is 0 Å². The van der Waals surface area contributed by atoms with Gasteiger partial charge < -0.3 is 15.2 Å². The van der Waals surface area contributed by atoms with E-state index in [0.29, 0.717) is 11.8 Å². The normalized spacial score (nSPS) is 29.5. The van der Waals surface area contributed by atoms with E-state index in [4.69, 9.17) is 26.2 Å². The minimum Gasteiger partial charge on any atom is -0.483 e. The molecule has 1 aromatic heterocycles. The van der Waals surface area contributed by atoms with Crippen LogP contribution in [-0.4, -0.2) is 54.2 Å².